The third kappa shape index (κ3) is 5.75. The van der Waals surface area contributed by atoms with Crippen molar-refractivity contribution in [3.05, 3.63) is 77.6 Å². The van der Waals surface area contributed by atoms with Crippen LogP contribution in [0.5, 0.6) is 5.75 Å². The second-order valence-electron chi connectivity index (χ2n) is 7.03. The van der Waals surface area contributed by atoms with Gasteiger partial charge in [-0.05, 0) is 54.3 Å². The van der Waals surface area contributed by atoms with Crippen LogP contribution in [0.2, 0.25) is 0 Å². The Kier molecular flexibility index (Phi) is 8.12. The fourth-order valence-electron chi connectivity index (χ4n) is 3.45. The molecule has 0 aliphatic carbocycles. The number of aliphatic imine (C=N–C) groups is 1. The Morgan fingerprint density at radius 1 is 1.13 bits per heavy atom. The van der Waals surface area contributed by atoms with Gasteiger partial charge in [0.1, 0.15) is 5.75 Å². The second kappa shape index (κ2) is 11.0. The first-order valence-corrected chi connectivity index (χ1v) is 10.2. The lowest BCUT2D eigenvalue weighted by atomic mass is 10.1. The van der Waals surface area contributed by atoms with Crippen molar-refractivity contribution in [3.8, 4) is 11.4 Å². The molecule has 1 aliphatic rings. The molecule has 0 spiro atoms. The zero-order valence-corrected chi connectivity index (χ0v) is 19.5. The van der Waals surface area contributed by atoms with E-state index < -0.39 is 0 Å². The van der Waals surface area contributed by atoms with Gasteiger partial charge in [-0.3, -0.25) is 0 Å². The molecule has 1 aromatic heterocycles. The van der Waals surface area contributed by atoms with Crippen molar-refractivity contribution in [3.63, 3.8) is 0 Å². The molecule has 0 unspecified atom stereocenters. The van der Waals surface area contributed by atoms with Crippen LogP contribution in [0.25, 0.3) is 5.69 Å². The highest BCUT2D eigenvalue weighted by molar-refractivity contribution is 14.0. The lowest BCUT2D eigenvalue weighted by Crippen LogP contribution is -2.38. The van der Waals surface area contributed by atoms with Crippen LogP contribution in [0, 0.1) is 0 Å². The van der Waals surface area contributed by atoms with Crippen LogP contribution in [-0.4, -0.2) is 35.4 Å². The quantitative estimate of drug-likeness (QED) is 0.285. The van der Waals surface area contributed by atoms with Gasteiger partial charge in [0.15, 0.2) is 5.96 Å². The minimum absolute atomic E-state index is 0. The smallest absolute Gasteiger partial charge is 0.191 e. The van der Waals surface area contributed by atoms with E-state index in [9.17, 15) is 0 Å². The molecule has 2 heterocycles. The van der Waals surface area contributed by atoms with Gasteiger partial charge in [-0.1, -0.05) is 24.3 Å². The number of aromatic nitrogens is 2. The molecule has 0 saturated heterocycles. The Balaban J connectivity index is 0.00000256. The predicted octanol–water partition coefficient (Wildman–Crippen LogP) is 3.72. The number of guanidine groups is 1. The normalized spacial score (nSPS) is 12.6. The zero-order chi connectivity index (χ0) is 19.9. The van der Waals surface area contributed by atoms with Crippen molar-refractivity contribution >= 4 is 29.9 Å². The van der Waals surface area contributed by atoms with E-state index in [4.69, 9.17) is 9.73 Å². The van der Waals surface area contributed by atoms with Crippen molar-refractivity contribution in [2.75, 3.05) is 19.7 Å². The summed E-state index contributed by atoms with van der Waals surface area (Å²) < 4.78 is 7.44. The lowest BCUT2D eigenvalue weighted by Gasteiger charge is -2.12. The van der Waals surface area contributed by atoms with Gasteiger partial charge in [0, 0.05) is 31.9 Å². The van der Waals surface area contributed by atoms with Crippen molar-refractivity contribution < 1.29 is 4.74 Å². The molecule has 0 amide bonds. The molecule has 0 radical (unpaired) electrons. The molecule has 3 aromatic rings. The highest BCUT2D eigenvalue weighted by Crippen LogP contribution is 2.25. The summed E-state index contributed by atoms with van der Waals surface area (Å²) in [5.74, 6) is 1.87. The minimum atomic E-state index is 0. The van der Waals surface area contributed by atoms with E-state index in [1.807, 2.05) is 29.1 Å². The molecule has 1 aliphatic heterocycles. The van der Waals surface area contributed by atoms with Gasteiger partial charge in [-0.15, -0.1) is 24.0 Å². The molecule has 2 aromatic carbocycles. The first-order valence-electron chi connectivity index (χ1n) is 10.2. The molecule has 4 rings (SSSR count). The van der Waals surface area contributed by atoms with E-state index in [-0.39, 0.29) is 24.0 Å². The summed E-state index contributed by atoms with van der Waals surface area (Å²) in [7, 11) is 0. The standard InChI is InChI=1S/C23H27N5O.HI/c1-2-24-23(25-12-9-18-7-8-22-20(15-18)10-14-29-22)26-17-19-5-3-6-21(16-19)28-13-4-11-27-28;/h3-8,11,13,15-16H,2,9-10,12,14,17H2,1H3,(H2,24,25,26);1H. The third-order valence-corrected chi connectivity index (χ3v) is 4.90. The molecule has 158 valence electrons. The maximum Gasteiger partial charge on any atom is 0.191 e. The summed E-state index contributed by atoms with van der Waals surface area (Å²) in [6, 6.07) is 16.7. The topological polar surface area (TPSA) is 63.5 Å². The van der Waals surface area contributed by atoms with Crippen LogP contribution in [0.4, 0.5) is 0 Å². The van der Waals surface area contributed by atoms with Gasteiger partial charge in [-0.2, -0.15) is 5.10 Å². The highest BCUT2D eigenvalue weighted by Gasteiger charge is 2.11. The predicted molar refractivity (Wildman–Crippen MR) is 131 cm³/mol. The molecule has 0 atom stereocenters. The van der Waals surface area contributed by atoms with E-state index in [2.05, 4.69) is 53.0 Å². The zero-order valence-electron chi connectivity index (χ0n) is 17.2. The maximum atomic E-state index is 5.58. The Bertz CT molecular complexity index is 971. The van der Waals surface area contributed by atoms with E-state index in [0.717, 1.165) is 55.5 Å². The monoisotopic (exact) mass is 517 g/mol. The first kappa shape index (κ1) is 22.1. The van der Waals surface area contributed by atoms with Crippen LogP contribution in [0.1, 0.15) is 23.6 Å². The van der Waals surface area contributed by atoms with Crippen LogP contribution in [-0.2, 0) is 19.4 Å². The third-order valence-electron chi connectivity index (χ3n) is 4.90. The number of hydrogen-bond acceptors (Lipinski definition) is 3. The van der Waals surface area contributed by atoms with Crippen molar-refractivity contribution in [1.29, 1.82) is 0 Å². The Hall–Kier alpha value is -2.55. The SMILES string of the molecule is CCNC(=NCc1cccc(-n2cccn2)c1)NCCc1ccc2c(c1)CCO2.I. The maximum absolute atomic E-state index is 5.58. The average molecular weight is 517 g/mol. The molecule has 0 fully saturated rings. The van der Waals surface area contributed by atoms with Gasteiger partial charge in [0.05, 0.1) is 18.8 Å². The number of rotatable bonds is 7. The Labute approximate surface area is 194 Å². The first-order chi connectivity index (χ1) is 14.3. The number of halogens is 1. The highest BCUT2D eigenvalue weighted by atomic mass is 127. The summed E-state index contributed by atoms with van der Waals surface area (Å²) in [5.41, 5.74) is 4.83. The number of ether oxygens (including phenoxy) is 1. The van der Waals surface area contributed by atoms with Crippen LogP contribution < -0.4 is 15.4 Å². The summed E-state index contributed by atoms with van der Waals surface area (Å²) in [5, 5.41) is 11.1. The second-order valence-corrected chi connectivity index (χ2v) is 7.03. The van der Waals surface area contributed by atoms with E-state index in [1.54, 1.807) is 6.20 Å². The molecule has 0 bridgehead atoms. The minimum Gasteiger partial charge on any atom is -0.493 e. The van der Waals surface area contributed by atoms with Crippen molar-refractivity contribution in [2.24, 2.45) is 4.99 Å². The summed E-state index contributed by atoms with van der Waals surface area (Å²) in [4.78, 5) is 4.74. The molecule has 6 nitrogen and oxygen atoms in total. The average Bonchev–Trinajstić information content (AvgIpc) is 3.44. The Morgan fingerprint density at radius 3 is 2.90 bits per heavy atom. The van der Waals surface area contributed by atoms with E-state index >= 15 is 0 Å². The number of nitrogens with zero attached hydrogens (tertiary/aromatic N) is 3. The number of benzene rings is 2. The molecular weight excluding hydrogens is 489 g/mol. The number of hydrogen-bond donors (Lipinski definition) is 2. The van der Waals surface area contributed by atoms with Crippen LogP contribution in [0.15, 0.2) is 65.9 Å². The van der Waals surface area contributed by atoms with Crippen molar-refractivity contribution in [2.45, 2.75) is 26.3 Å². The molecule has 2 N–H and O–H groups in total. The van der Waals surface area contributed by atoms with Crippen LogP contribution in [0.3, 0.4) is 0 Å². The molecule has 0 saturated carbocycles. The summed E-state index contributed by atoms with van der Waals surface area (Å²) in [6.45, 7) is 5.15. The van der Waals surface area contributed by atoms with Gasteiger partial charge in [-0.25, -0.2) is 9.67 Å². The molecular formula is C23H28IN5O. The van der Waals surface area contributed by atoms with E-state index in [1.165, 1.54) is 11.1 Å². The largest absolute Gasteiger partial charge is 0.493 e. The lowest BCUT2D eigenvalue weighted by molar-refractivity contribution is 0.357. The fraction of sp³-hybridized carbons (Fsp3) is 0.304. The Morgan fingerprint density at radius 2 is 2.07 bits per heavy atom. The van der Waals surface area contributed by atoms with Crippen molar-refractivity contribution in [1.82, 2.24) is 20.4 Å². The van der Waals surface area contributed by atoms with Gasteiger partial charge < -0.3 is 15.4 Å². The summed E-state index contributed by atoms with van der Waals surface area (Å²) in [6.07, 6.45) is 5.69. The number of nitrogens with one attached hydrogen (secondary N) is 2. The summed E-state index contributed by atoms with van der Waals surface area (Å²) >= 11 is 0. The van der Waals surface area contributed by atoms with Crippen LogP contribution >= 0.6 is 24.0 Å². The molecule has 30 heavy (non-hydrogen) atoms. The van der Waals surface area contributed by atoms with Gasteiger partial charge in [0.25, 0.3) is 0 Å². The molecule has 7 heteroatoms. The van der Waals surface area contributed by atoms with E-state index in [0.29, 0.717) is 6.54 Å². The number of fused-ring (bicyclic) bond motifs is 1. The van der Waals surface area contributed by atoms with Gasteiger partial charge >= 0.3 is 0 Å². The fourth-order valence-corrected chi connectivity index (χ4v) is 3.45. The van der Waals surface area contributed by atoms with Gasteiger partial charge in [0.2, 0.25) is 0 Å².